The van der Waals surface area contributed by atoms with Crippen molar-refractivity contribution < 1.29 is 9.53 Å². The number of carbonyl (C=O) groups is 1. The molecule has 1 N–H and O–H groups in total. The number of thioether (sulfide) groups is 1. The van der Waals surface area contributed by atoms with Crippen molar-refractivity contribution in [2.24, 2.45) is 0 Å². The molecular formula is C17H27NO2S. The first-order valence-electron chi connectivity index (χ1n) is 7.34. The fourth-order valence-electron chi connectivity index (χ4n) is 1.75. The van der Waals surface area contributed by atoms with Gasteiger partial charge in [0.05, 0.1) is 0 Å². The van der Waals surface area contributed by atoms with Crippen LogP contribution in [-0.2, 0) is 4.79 Å². The van der Waals surface area contributed by atoms with Crippen molar-refractivity contribution in [2.75, 3.05) is 12.3 Å². The summed E-state index contributed by atoms with van der Waals surface area (Å²) in [5, 5.41) is 2.92. The number of aryl methyl sites for hydroxylation is 2. The van der Waals surface area contributed by atoms with Gasteiger partial charge in [-0.1, -0.05) is 32.9 Å². The predicted octanol–water partition coefficient (Wildman–Crippen LogP) is 3.72. The molecule has 0 saturated carbocycles. The largest absolute Gasteiger partial charge is 0.481 e. The number of hydrogen-bond acceptors (Lipinski definition) is 3. The van der Waals surface area contributed by atoms with Gasteiger partial charge in [-0.15, -0.1) is 0 Å². The van der Waals surface area contributed by atoms with Gasteiger partial charge in [-0.05, 0) is 38.0 Å². The number of ether oxygens (including phenoxy) is 1. The molecule has 0 saturated heterocycles. The fraction of sp³-hybridized carbons (Fsp3) is 0.588. The van der Waals surface area contributed by atoms with Crippen LogP contribution < -0.4 is 10.1 Å². The van der Waals surface area contributed by atoms with E-state index < -0.39 is 6.10 Å². The maximum Gasteiger partial charge on any atom is 0.260 e. The minimum Gasteiger partial charge on any atom is -0.481 e. The van der Waals surface area contributed by atoms with Crippen molar-refractivity contribution in [3.63, 3.8) is 0 Å². The zero-order valence-electron chi connectivity index (χ0n) is 13.9. The molecule has 4 heteroatoms. The molecule has 0 bridgehead atoms. The van der Waals surface area contributed by atoms with E-state index >= 15 is 0 Å². The van der Waals surface area contributed by atoms with Crippen LogP contribution in [0.2, 0.25) is 0 Å². The van der Waals surface area contributed by atoms with E-state index in [4.69, 9.17) is 4.74 Å². The topological polar surface area (TPSA) is 38.3 Å². The molecule has 0 aliphatic carbocycles. The Bertz CT molecular complexity index is 480. The third-order valence-corrected chi connectivity index (χ3v) is 4.23. The van der Waals surface area contributed by atoms with Gasteiger partial charge < -0.3 is 10.1 Å². The van der Waals surface area contributed by atoms with Gasteiger partial charge in [0.15, 0.2) is 6.10 Å². The highest BCUT2D eigenvalue weighted by molar-refractivity contribution is 8.00. The third kappa shape index (κ3) is 6.89. The molecule has 1 rings (SSSR count). The Kier molecular flexibility index (Phi) is 6.59. The van der Waals surface area contributed by atoms with Crippen LogP contribution in [0.25, 0.3) is 0 Å². The highest BCUT2D eigenvalue weighted by atomic mass is 32.2. The molecule has 0 aromatic heterocycles. The molecule has 0 radical (unpaired) electrons. The van der Waals surface area contributed by atoms with Gasteiger partial charge in [0.2, 0.25) is 0 Å². The van der Waals surface area contributed by atoms with Gasteiger partial charge in [0.25, 0.3) is 5.91 Å². The van der Waals surface area contributed by atoms with Crippen LogP contribution >= 0.6 is 11.8 Å². The summed E-state index contributed by atoms with van der Waals surface area (Å²) < 4.78 is 5.99. The Morgan fingerprint density at radius 2 is 2.00 bits per heavy atom. The van der Waals surface area contributed by atoms with Crippen molar-refractivity contribution in [3.05, 3.63) is 29.3 Å². The van der Waals surface area contributed by atoms with Crippen LogP contribution in [-0.4, -0.2) is 29.1 Å². The lowest BCUT2D eigenvalue weighted by Gasteiger charge is -2.19. The fourth-order valence-corrected chi connectivity index (χ4v) is 2.57. The molecular weight excluding hydrogens is 282 g/mol. The highest BCUT2D eigenvalue weighted by Crippen LogP contribution is 2.22. The molecule has 21 heavy (non-hydrogen) atoms. The van der Waals surface area contributed by atoms with Crippen molar-refractivity contribution in [1.29, 1.82) is 0 Å². The second kappa shape index (κ2) is 7.74. The molecule has 1 aromatic carbocycles. The van der Waals surface area contributed by atoms with E-state index in [-0.39, 0.29) is 10.7 Å². The minimum atomic E-state index is -0.481. The van der Waals surface area contributed by atoms with E-state index in [0.29, 0.717) is 6.54 Å². The van der Waals surface area contributed by atoms with Crippen molar-refractivity contribution in [2.45, 2.75) is 52.4 Å². The number of benzene rings is 1. The van der Waals surface area contributed by atoms with Gasteiger partial charge in [-0.3, -0.25) is 4.79 Å². The summed E-state index contributed by atoms with van der Waals surface area (Å²) in [6.45, 7) is 13.0. The lowest BCUT2D eigenvalue weighted by molar-refractivity contribution is -0.127. The van der Waals surface area contributed by atoms with E-state index in [1.165, 1.54) is 0 Å². The van der Waals surface area contributed by atoms with Crippen molar-refractivity contribution in [3.8, 4) is 5.75 Å². The Hall–Kier alpha value is -1.16. The summed E-state index contributed by atoms with van der Waals surface area (Å²) in [6.07, 6.45) is -0.481. The zero-order valence-corrected chi connectivity index (χ0v) is 14.8. The number of nitrogens with one attached hydrogen (secondary N) is 1. The van der Waals surface area contributed by atoms with Gasteiger partial charge >= 0.3 is 0 Å². The molecule has 0 fully saturated rings. The first-order valence-corrected chi connectivity index (χ1v) is 8.33. The summed E-state index contributed by atoms with van der Waals surface area (Å²) in [4.78, 5) is 12.0. The maximum absolute atomic E-state index is 12.0. The Balaban J connectivity index is 2.42. The normalized spacial score (nSPS) is 12.9. The molecule has 0 aliphatic rings. The summed E-state index contributed by atoms with van der Waals surface area (Å²) in [7, 11) is 0. The number of amides is 1. The number of hydrogen-bond donors (Lipinski definition) is 1. The minimum absolute atomic E-state index is 0.0644. The lowest BCUT2D eigenvalue weighted by atomic mass is 10.1. The molecule has 1 aromatic rings. The summed E-state index contributed by atoms with van der Waals surface area (Å²) >= 11 is 1.84. The van der Waals surface area contributed by atoms with E-state index in [1.807, 2.05) is 43.8 Å². The van der Waals surface area contributed by atoms with Crippen LogP contribution in [0.4, 0.5) is 0 Å². The smallest absolute Gasteiger partial charge is 0.260 e. The second-order valence-corrected chi connectivity index (χ2v) is 8.20. The molecule has 0 spiro atoms. The number of carbonyl (C=O) groups excluding carboxylic acids is 1. The molecule has 1 amide bonds. The SMILES string of the molecule is Cc1ccc(C)c(O[C@H](C)C(=O)NCCSC(C)(C)C)c1. The van der Waals surface area contributed by atoms with Crippen LogP contribution in [0.15, 0.2) is 18.2 Å². The van der Waals surface area contributed by atoms with E-state index in [2.05, 4.69) is 26.1 Å². The van der Waals surface area contributed by atoms with Crippen molar-refractivity contribution >= 4 is 17.7 Å². The summed E-state index contributed by atoms with van der Waals surface area (Å²) in [5.74, 6) is 1.62. The Morgan fingerprint density at radius 1 is 1.33 bits per heavy atom. The number of rotatable bonds is 6. The van der Waals surface area contributed by atoms with Crippen LogP contribution in [0.1, 0.15) is 38.8 Å². The average molecular weight is 309 g/mol. The Morgan fingerprint density at radius 3 is 2.62 bits per heavy atom. The molecule has 118 valence electrons. The Labute approximate surface area is 132 Å². The molecule has 0 aliphatic heterocycles. The summed E-state index contributed by atoms with van der Waals surface area (Å²) in [6, 6.07) is 6.01. The van der Waals surface area contributed by atoms with E-state index in [1.54, 1.807) is 6.92 Å². The predicted molar refractivity (Wildman–Crippen MR) is 91.2 cm³/mol. The monoisotopic (exact) mass is 309 g/mol. The molecule has 1 atom stereocenters. The second-order valence-electron chi connectivity index (χ2n) is 6.28. The van der Waals surface area contributed by atoms with Crippen LogP contribution in [0.3, 0.4) is 0 Å². The average Bonchev–Trinajstić information content (AvgIpc) is 2.37. The van der Waals surface area contributed by atoms with Gasteiger partial charge in [0.1, 0.15) is 5.75 Å². The van der Waals surface area contributed by atoms with Crippen molar-refractivity contribution in [1.82, 2.24) is 5.32 Å². The van der Waals surface area contributed by atoms with E-state index in [9.17, 15) is 4.79 Å². The quantitative estimate of drug-likeness (QED) is 0.814. The third-order valence-electron chi connectivity index (χ3n) is 2.95. The summed E-state index contributed by atoms with van der Waals surface area (Å²) in [5.41, 5.74) is 2.17. The molecule has 0 unspecified atom stereocenters. The first kappa shape index (κ1) is 17.9. The zero-order chi connectivity index (χ0) is 16.0. The van der Waals surface area contributed by atoms with Gasteiger partial charge in [-0.25, -0.2) is 0 Å². The van der Waals surface area contributed by atoms with Crippen LogP contribution in [0, 0.1) is 13.8 Å². The van der Waals surface area contributed by atoms with Gasteiger partial charge in [-0.2, -0.15) is 11.8 Å². The maximum atomic E-state index is 12.0. The molecule has 3 nitrogen and oxygen atoms in total. The standard InChI is InChI=1S/C17H27NO2S/c1-12-7-8-13(2)15(11-12)20-14(3)16(19)18-9-10-21-17(4,5)6/h7-8,11,14H,9-10H2,1-6H3,(H,18,19)/t14-/m1/s1. The van der Waals surface area contributed by atoms with Crippen LogP contribution in [0.5, 0.6) is 5.75 Å². The first-order chi connectivity index (χ1) is 9.69. The lowest BCUT2D eigenvalue weighted by Crippen LogP contribution is -2.37. The van der Waals surface area contributed by atoms with E-state index in [0.717, 1.165) is 22.6 Å². The van der Waals surface area contributed by atoms with Gasteiger partial charge in [0, 0.05) is 17.0 Å². The highest BCUT2D eigenvalue weighted by Gasteiger charge is 2.16. The molecule has 0 heterocycles.